The van der Waals surface area contributed by atoms with Gasteiger partial charge in [0.2, 0.25) is 5.79 Å². The van der Waals surface area contributed by atoms with E-state index >= 15 is 0 Å². The van der Waals surface area contributed by atoms with Gasteiger partial charge >= 0.3 is 0 Å². The third-order valence-corrected chi connectivity index (χ3v) is 10.7. The highest BCUT2D eigenvalue weighted by Crippen LogP contribution is 2.43. The molecule has 264 valence electrons. The molecule has 1 saturated heterocycles. The molecule has 7 heteroatoms. The molecule has 0 saturated carbocycles. The summed E-state index contributed by atoms with van der Waals surface area (Å²) < 4.78 is 33.3. The highest BCUT2D eigenvalue weighted by atomic mass is 79.9. The quantitative estimate of drug-likeness (QED) is 0.130. The van der Waals surface area contributed by atoms with Crippen molar-refractivity contribution < 1.29 is 28.8 Å². The molecule has 6 nitrogen and oxygen atoms in total. The standard InChI is InChI=1S/C44H45BrO6/c1-31-41(30-47-27-32-12-5-2-6-13-32)51-44(46,38-20-21-39(45)37(26-38)25-35-19-22-40-36(24-35)18-11-23-48-40)43(50-29-34-16-9-4-10-17-34)42(31)49-28-33-14-7-3-8-15-33/h2-10,12-17,19-22,24,26,31,41-43,46H,11,18,23,25,27-30H2,1H3/t31-,41-,42+,43-,44?/m1/s1. The van der Waals surface area contributed by atoms with Gasteiger partial charge in [-0.1, -0.05) is 132 Å². The first-order chi connectivity index (χ1) is 25.0. The number of rotatable bonds is 13. The largest absolute Gasteiger partial charge is 0.493 e. The summed E-state index contributed by atoms with van der Waals surface area (Å²) in [6.07, 6.45) is 0.842. The lowest BCUT2D eigenvalue weighted by atomic mass is 9.82. The van der Waals surface area contributed by atoms with Gasteiger partial charge in [-0.15, -0.1) is 0 Å². The zero-order valence-corrected chi connectivity index (χ0v) is 30.5. The molecule has 0 aromatic heterocycles. The van der Waals surface area contributed by atoms with Gasteiger partial charge in [-0.3, -0.25) is 0 Å². The van der Waals surface area contributed by atoms with Crippen molar-refractivity contribution in [2.24, 2.45) is 5.92 Å². The van der Waals surface area contributed by atoms with E-state index in [0.29, 0.717) is 25.2 Å². The summed E-state index contributed by atoms with van der Waals surface area (Å²) in [6.45, 7) is 4.21. The first-order valence-corrected chi connectivity index (χ1v) is 18.6. The Balaban J connectivity index is 1.22. The van der Waals surface area contributed by atoms with Gasteiger partial charge < -0.3 is 28.8 Å². The normalized spacial score (nSPS) is 23.0. The van der Waals surface area contributed by atoms with Crippen molar-refractivity contribution in [3.63, 3.8) is 0 Å². The second-order valence-corrected chi connectivity index (χ2v) is 14.4. The molecule has 5 aromatic carbocycles. The van der Waals surface area contributed by atoms with E-state index < -0.39 is 24.1 Å². The zero-order chi connectivity index (χ0) is 35.0. The average Bonchev–Trinajstić information content (AvgIpc) is 3.17. The molecular weight excluding hydrogens is 704 g/mol. The number of benzene rings is 5. The van der Waals surface area contributed by atoms with E-state index in [1.54, 1.807) is 0 Å². The van der Waals surface area contributed by atoms with Crippen LogP contribution in [0, 0.1) is 5.92 Å². The summed E-state index contributed by atoms with van der Waals surface area (Å²) in [6, 6.07) is 42.5. The fourth-order valence-corrected chi connectivity index (χ4v) is 7.44. The SMILES string of the molecule is C[C@H]1[C@H](OCc2ccccc2)[C@@H](OCc2ccccc2)C(O)(c2ccc(Br)c(Cc3ccc4c(c3)CCCO4)c2)O[C@@H]1COCc1ccccc1. The topological polar surface area (TPSA) is 66.4 Å². The minimum absolute atomic E-state index is 0.168. The van der Waals surface area contributed by atoms with Gasteiger partial charge in [-0.05, 0) is 70.8 Å². The van der Waals surface area contributed by atoms with Crippen molar-refractivity contribution in [3.8, 4) is 5.75 Å². The van der Waals surface area contributed by atoms with Crippen molar-refractivity contribution in [1.82, 2.24) is 0 Å². The summed E-state index contributed by atoms with van der Waals surface area (Å²) in [5.41, 5.74) is 7.16. The Kier molecular flexibility index (Phi) is 11.6. The lowest BCUT2D eigenvalue weighted by molar-refractivity contribution is -0.365. The molecule has 7 rings (SSSR count). The van der Waals surface area contributed by atoms with E-state index in [-0.39, 0.29) is 19.1 Å². The predicted molar refractivity (Wildman–Crippen MR) is 201 cm³/mol. The van der Waals surface area contributed by atoms with Crippen LogP contribution in [0.15, 0.2) is 132 Å². The number of halogens is 1. The molecule has 1 N–H and O–H groups in total. The number of hydrogen-bond donors (Lipinski definition) is 1. The van der Waals surface area contributed by atoms with E-state index in [9.17, 15) is 5.11 Å². The zero-order valence-electron chi connectivity index (χ0n) is 29.0. The van der Waals surface area contributed by atoms with Crippen LogP contribution in [0.5, 0.6) is 5.75 Å². The minimum atomic E-state index is -1.84. The predicted octanol–water partition coefficient (Wildman–Crippen LogP) is 8.93. The Morgan fingerprint density at radius 3 is 2.08 bits per heavy atom. The van der Waals surface area contributed by atoms with Crippen LogP contribution < -0.4 is 4.74 Å². The van der Waals surface area contributed by atoms with Crippen LogP contribution in [-0.4, -0.2) is 36.6 Å². The Morgan fingerprint density at radius 1 is 0.745 bits per heavy atom. The number of ether oxygens (including phenoxy) is 5. The second kappa shape index (κ2) is 16.7. The Labute approximate surface area is 309 Å². The number of fused-ring (bicyclic) bond motifs is 1. The molecule has 0 aliphatic carbocycles. The third-order valence-electron chi connectivity index (χ3n) is 9.90. The smallest absolute Gasteiger partial charge is 0.222 e. The van der Waals surface area contributed by atoms with Crippen LogP contribution in [-0.2, 0) is 57.4 Å². The molecular formula is C44H45BrO6. The van der Waals surface area contributed by atoms with Crippen LogP contribution in [0.25, 0.3) is 0 Å². The second-order valence-electron chi connectivity index (χ2n) is 13.6. The van der Waals surface area contributed by atoms with Gasteiger partial charge in [0, 0.05) is 16.0 Å². The van der Waals surface area contributed by atoms with Crippen LogP contribution >= 0.6 is 15.9 Å². The van der Waals surface area contributed by atoms with Crippen molar-refractivity contribution >= 4 is 15.9 Å². The Bertz CT molecular complexity index is 1850. The molecule has 0 amide bonds. The van der Waals surface area contributed by atoms with E-state index in [1.807, 2.05) is 109 Å². The first-order valence-electron chi connectivity index (χ1n) is 17.8. The molecule has 1 fully saturated rings. The Hall–Kier alpha value is -3.82. The van der Waals surface area contributed by atoms with E-state index in [1.165, 1.54) is 11.1 Å². The van der Waals surface area contributed by atoms with E-state index in [4.69, 9.17) is 23.7 Å². The summed E-state index contributed by atoms with van der Waals surface area (Å²) in [5.74, 6) is -1.04. The van der Waals surface area contributed by atoms with Crippen molar-refractivity contribution in [2.75, 3.05) is 13.2 Å². The summed E-state index contributed by atoms with van der Waals surface area (Å²) in [5, 5.41) is 13.0. The molecule has 51 heavy (non-hydrogen) atoms. The summed E-state index contributed by atoms with van der Waals surface area (Å²) >= 11 is 3.80. The molecule has 2 aliphatic heterocycles. The van der Waals surface area contributed by atoms with E-state index in [0.717, 1.165) is 51.9 Å². The number of aliphatic hydroxyl groups is 1. The lowest BCUT2D eigenvalue weighted by Gasteiger charge is -2.50. The summed E-state index contributed by atoms with van der Waals surface area (Å²) in [4.78, 5) is 0. The van der Waals surface area contributed by atoms with Crippen molar-refractivity contribution in [2.45, 2.75) is 70.1 Å². The molecule has 5 atom stereocenters. The molecule has 2 heterocycles. The first kappa shape index (κ1) is 35.6. The number of hydrogen-bond acceptors (Lipinski definition) is 6. The fraction of sp³-hybridized carbons (Fsp3) is 0.318. The van der Waals surface area contributed by atoms with Gasteiger partial charge in [0.05, 0.1) is 45.2 Å². The van der Waals surface area contributed by atoms with Crippen molar-refractivity contribution in [3.05, 3.63) is 171 Å². The number of aryl methyl sites for hydroxylation is 1. The lowest BCUT2D eigenvalue weighted by Crippen LogP contribution is -2.62. The highest BCUT2D eigenvalue weighted by molar-refractivity contribution is 9.10. The van der Waals surface area contributed by atoms with Gasteiger partial charge in [-0.2, -0.15) is 0 Å². The van der Waals surface area contributed by atoms with Crippen LogP contribution in [0.3, 0.4) is 0 Å². The molecule has 0 radical (unpaired) electrons. The van der Waals surface area contributed by atoms with Crippen LogP contribution in [0.1, 0.15) is 52.3 Å². The fourth-order valence-electron chi connectivity index (χ4n) is 7.05. The molecule has 1 unspecified atom stereocenters. The average molecular weight is 750 g/mol. The van der Waals surface area contributed by atoms with Crippen LogP contribution in [0.4, 0.5) is 0 Å². The molecule has 5 aromatic rings. The third kappa shape index (κ3) is 8.63. The van der Waals surface area contributed by atoms with Gasteiger partial charge in [0.15, 0.2) is 0 Å². The maximum atomic E-state index is 13.0. The highest BCUT2D eigenvalue weighted by Gasteiger charge is 2.55. The van der Waals surface area contributed by atoms with Gasteiger partial charge in [0.25, 0.3) is 0 Å². The Morgan fingerprint density at radius 2 is 1.39 bits per heavy atom. The van der Waals surface area contributed by atoms with Crippen LogP contribution in [0.2, 0.25) is 0 Å². The maximum Gasteiger partial charge on any atom is 0.222 e. The monoisotopic (exact) mass is 748 g/mol. The minimum Gasteiger partial charge on any atom is -0.493 e. The van der Waals surface area contributed by atoms with E-state index in [2.05, 4.69) is 41.1 Å². The maximum absolute atomic E-state index is 13.0. The summed E-state index contributed by atoms with van der Waals surface area (Å²) in [7, 11) is 0. The molecule has 0 spiro atoms. The van der Waals surface area contributed by atoms with Gasteiger partial charge in [0.1, 0.15) is 11.9 Å². The molecule has 2 aliphatic rings. The van der Waals surface area contributed by atoms with Crippen molar-refractivity contribution in [1.29, 1.82) is 0 Å². The van der Waals surface area contributed by atoms with Gasteiger partial charge in [-0.25, -0.2) is 0 Å². The molecule has 0 bridgehead atoms.